The first-order valence-electron chi connectivity index (χ1n) is 7.96. The molecule has 1 saturated carbocycles. The van der Waals surface area contributed by atoms with Crippen LogP contribution >= 0.6 is 11.6 Å². The summed E-state index contributed by atoms with van der Waals surface area (Å²) >= 11 is 6.15. The fraction of sp³-hybridized carbons (Fsp3) is 0.333. The Labute approximate surface area is 141 Å². The number of aromatic nitrogens is 1. The van der Waals surface area contributed by atoms with Gasteiger partial charge in [-0.15, -0.1) is 0 Å². The van der Waals surface area contributed by atoms with Gasteiger partial charge in [0, 0.05) is 29.5 Å². The molecule has 1 heterocycles. The summed E-state index contributed by atoms with van der Waals surface area (Å²) in [6, 6.07) is 11.6. The number of halogens is 1. The number of nitrogens with zero attached hydrogens (tertiary/aromatic N) is 1. The van der Waals surface area contributed by atoms with Gasteiger partial charge in [0.2, 0.25) is 0 Å². The number of hydrogen-bond donors (Lipinski definition) is 2. The highest BCUT2D eigenvalue weighted by Crippen LogP contribution is 2.19. The molecule has 0 saturated heterocycles. The van der Waals surface area contributed by atoms with Crippen LogP contribution in [0.5, 0.6) is 0 Å². The average molecular weight is 330 g/mol. The molecule has 1 amide bonds. The molecular formula is C18H20ClN3O. The molecule has 5 heteroatoms. The van der Waals surface area contributed by atoms with E-state index in [0.717, 1.165) is 29.1 Å². The lowest BCUT2D eigenvalue weighted by Gasteiger charge is -2.12. The molecule has 0 aliphatic heterocycles. The van der Waals surface area contributed by atoms with E-state index in [1.807, 2.05) is 30.3 Å². The van der Waals surface area contributed by atoms with E-state index in [2.05, 4.69) is 15.6 Å². The van der Waals surface area contributed by atoms with Crippen molar-refractivity contribution in [2.75, 3.05) is 5.32 Å². The average Bonchev–Trinajstić information content (AvgIpc) is 3.07. The van der Waals surface area contributed by atoms with E-state index in [-0.39, 0.29) is 5.91 Å². The molecule has 1 fully saturated rings. The van der Waals surface area contributed by atoms with Gasteiger partial charge in [0.05, 0.1) is 0 Å². The maximum atomic E-state index is 12.3. The predicted octanol–water partition coefficient (Wildman–Crippen LogP) is 4.02. The molecule has 1 aliphatic carbocycles. The second kappa shape index (κ2) is 7.47. The summed E-state index contributed by atoms with van der Waals surface area (Å²) < 4.78 is 0. The zero-order chi connectivity index (χ0) is 16.1. The monoisotopic (exact) mass is 329 g/mol. The van der Waals surface area contributed by atoms with Crippen molar-refractivity contribution in [3.05, 3.63) is 58.9 Å². The predicted molar refractivity (Wildman–Crippen MR) is 92.7 cm³/mol. The Morgan fingerprint density at radius 2 is 2.00 bits per heavy atom. The van der Waals surface area contributed by atoms with Crippen LogP contribution in [0.25, 0.3) is 0 Å². The molecule has 0 unspecified atom stereocenters. The lowest BCUT2D eigenvalue weighted by molar-refractivity contribution is 0.0933. The van der Waals surface area contributed by atoms with Crippen LogP contribution in [0.1, 0.15) is 41.7 Å². The number of rotatable bonds is 5. The third-order valence-electron chi connectivity index (χ3n) is 4.12. The van der Waals surface area contributed by atoms with Gasteiger partial charge >= 0.3 is 0 Å². The minimum atomic E-state index is -0.0988. The Bertz CT molecular complexity index is 683. The van der Waals surface area contributed by atoms with E-state index < -0.39 is 0 Å². The zero-order valence-corrected chi connectivity index (χ0v) is 13.6. The maximum Gasteiger partial charge on any atom is 0.270 e. The van der Waals surface area contributed by atoms with E-state index in [4.69, 9.17) is 11.6 Å². The largest absolute Gasteiger partial charge is 0.381 e. The lowest BCUT2D eigenvalue weighted by atomic mass is 10.2. The summed E-state index contributed by atoms with van der Waals surface area (Å²) in [6.45, 7) is 0.605. The molecule has 120 valence electrons. The summed E-state index contributed by atoms with van der Waals surface area (Å²) in [5, 5.41) is 7.07. The summed E-state index contributed by atoms with van der Waals surface area (Å²) in [7, 11) is 0. The third-order valence-corrected chi connectivity index (χ3v) is 4.49. The van der Waals surface area contributed by atoms with Crippen LogP contribution < -0.4 is 10.6 Å². The SMILES string of the molecule is O=C(NC1CCCC1)c1cc(NCc2ccccc2Cl)ccn1. The minimum absolute atomic E-state index is 0.0988. The Balaban J connectivity index is 1.62. The number of carbonyl (C=O) groups is 1. The Morgan fingerprint density at radius 3 is 2.78 bits per heavy atom. The maximum absolute atomic E-state index is 12.3. The first-order valence-corrected chi connectivity index (χ1v) is 8.34. The smallest absolute Gasteiger partial charge is 0.270 e. The van der Waals surface area contributed by atoms with Crippen molar-refractivity contribution in [3.63, 3.8) is 0 Å². The molecule has 1 aliphatic rings. The molecule has 23 heavy (non-hydrogen) atoms. The molecule has 0 atom stereocenters. The van der Waals surface area contributed by atoms with Gasteiger partial charge in [0.25, 0.3) is 5.91 Å². The number of benzene rings is 1. The lowest BCUT2D eigenvalue weighted by Crippen LogP contribution is -2.33. The quantitative estimate of drug-likeness (QED) is 0.871. The molecule has 0 radical (unpaired) electrons. The summed E-state index contributed by atoms with van der Waals surface area (Å²) in [5.74, 6) is -0.0988. The molecule has 2 aromatic rings. The van der Waals surface area contributed by atoms with Gasteiger partial charge in [0.15, 0.2) is 0 Å². The Morgan fingerprint density at radius 1 is 1.22 bits per heavy atom. The van der Waals surface area contributed by atoms with Gasteiger partial charge < -0.3 is 10.6 Å². The number of anilines is 1. The minimum Gasteiger partial charge on any atom is -0.381 e. The van der Waals surface area contributed by atoms with Crippen molar-refractivity contribution in [2.45, 2.75) is 38.3 Å². The van der Waals surface area contributed by atoms with Crippen molar-refractivity contribution in [3.8, 4) is 0 Å². The van der Waals surface area contributed by atoms with Crippen LogP contribution in [0.3, 0.4) is 0 Å². The molecule has 0 bridgehead atoms. The van der Waals surface area contributed by atoms with E-state index >= 15 is 0 Å². The summed E-state index contributed by atoms with van der Waals surface area (Å²) in [5.41, 5.74) is 2.32. The fourth-order valence-corrected chi connectivity index (χ4v) is 3.04. The second-order valence-corrected chi connectivity index (χ2v) is 6.24. The van der Waals surface area contributed by atoms with Gasteiger partial charge in [-0.05, 0) is 36.6 Å². The van der Waals surface area contributed by atoms with E-state index in [0.29, 0.717) is 18.3 Å². The summed E-state index contributed by atoms with van der Waals surface area (Å²) in [4.78, 5) is 16.4. The van der Waals surface area contributed by atoms with Crippen LogP contribution in [0.4, 0.5) is 5.69 Å². The number of hydrogen-bond acceptors (Lipinski definition) is 3. The van der Waals surface area contributed by atoms with E-state index in [1.165, 1.54) is 12.8 Å². The number of carbonyl (C=O) groups excluding carboxylic acids is 1. The molecule has 1 aromatic heterocycles. The van der Waals surface area contributed by atoms with Crippen LogP contribution in [0, 0.1) is 0 Å². The highest BCUT2D eigenvalue weighted by molar-refractivity contribution is 6.31. The van der Waals surface area contributed by atoms with Gasteiger partial charge in [-0.2, -0.15) is 0 Å². The number of nitrogens with one attached hydrogen (secondary N) is 2. The highest BCUT2D eigenvalue weighted by atomic mass is 35.5. The van der Waals surface area contributed by atoms with Crippen LogP contribution in [0.2, 0.25) is 5.02 Å². The topological polar surface area (TPSA) is 54.0 Å². The standard InChI is InChI=1S/C18H20ClN3O/c19-16-8-4-1-5-13(16)12-21-15-9-10-20-17(11-15)18(23)22-14-6-2-3-7-14/h1,4-5,8-11,14H,2-3,6-7,12H2,(H,20,21)(H,22,23). The second-order valence-electron chi connectivity index (χ2n) is 5.83. The normalized spacial score (nSPS) is 14.7. The third kappa shape index (κ3) is 4.23. The first kappa shape index (κ1) is 15.8. The summed E-state index contributed by atoms with van der Waals surface area (Å²) in [6.07, 6.45) is 6.17. The molecular weight excluding hydrogens is 310 g/mol. The molecule has 4 nitrogen and oxygen atoms in total. The van der Waals surface area contributed by atoms with Crippen molar-refractivity contribution in [1.29, 1.82) is 0 Å². The van der Waals surface area contributed by atoms with Crippen molar-refractivity contribution in [2.24, 2.45) is 0 Å². The van der Waals surface area contributed by atoms with Crippen LogP contribution in [-0.4, -0.2) is 16.9 Å². The van der Waals surface area contributed by atoms with Gasteiger partial charge in [-0.25, -0.2) is 0 Å². The van der Waals surface area contributed by atoms with Gasteiger partial charge in [-0.1, -0.05) is 42.6 Å². The number of pyridine rings is 1. The van der Waals surface area contributed by atoms with Crippen LogP contribution in [0.15, 0.2) is 42.6 Å². The van der Waals surface area contributed by atoms with Gasteiger partial charge in [0.1, 0.15) is 5.69 Å². The van der Waals surface area contributed by atoms with Crippen molar-refractivity contribution < 1.29 is 4.79 Å². The Hall–Kier alpha value is -2.07. The van der Waals surface area contributed by atoms with Crippen molar-refractivity contribution in [1.82, 2.24) is 10.3 Å². The molecule has 0 spiro atoms. The fourth-order valence-electron chi connectivity index (χ4n) is 2.83. The van der Waals surface area contributed by atoms with Crippen molar-refractivity contribution >= 4 is 23.2 Å². The number of amides is 1. The van der Waals surface area contributed by atoms with E-state index in [1.54, 1.807) is 12.3 Å². The highest BCUT2D eigenvalue weighted by Gasteiger charge is 2.18. The zero-order valence-electron chi connectivity index (χ0n) is 12.9. The Kier molecular flexibility index (Phi) is 5.13. The van der Waals surface area contributed by atoms with E-state index in [9.17, 15) is 4.79 Å². The van der Waals surface area contributed by atoms with Gasteiger partial charge in [-0.3, -0.25) is 9.78 Å². The first-order chi connectivity index (χ1) is 11.2. The molecule has 1 aromatic carbocycles. The molecule has 2 N–H and O–H groups in total. The molecule has 3 rings (SSSR count). The van der Waals surface area contributed by atoms with Crippen LogP contribution in [-0.2, 0) is 6.54 Å².